The highest BCUT2D eigenvalue weighted by Gasteiger charge is 2.34. The van der Waals surface area contributed by atoms with Gasteiger partial charge in [0, 0.05) is 45.4 Å². The first-order chi connectivity index (χ1) is 20.8. The number of carbonyl (C=O) groups is 4. The van der Waals surface area contributed by atoms with Crippen molar-refractivity contribution in [2.45, 2.75) is 56.9 Å². The third kappa shape index (κ3) is 24.5. The maximum absolute atomic E-state index is 12.8. The number of urea groups is 1. The minimum Gasteiger partial charge on any atom is -0.378 e. The van der Waals surface area contributed by atoms with Crippen LogP contribution in [0.25, 0.3) is 0 Å². The highest BCUT2D eigenvalue weighted by molar-refractivity contribution is 5.77. The van der Waals surface area contributed by atoms with Crippen LogP contribution < -0.4 is 49.5 Å². The van der Waals surface area contributed by atoms with Crippen molar-refractivity contribution in [2.24, 2.45) is 22.9 Å². The van der Waals surface area contributed by atoms with Crippen molar-refractivity contribution in [2.75, 3.05) is 92.0 Å². The molecule has 0 saturated heterocycles. The number of amides is 5. The fraction of sp³-hybridized carbons (Fsp3) is 0.852. The molecule has 0 bridgehead atoms. The summed E-state index contributed by atoms with van der Waals surface area (Å²) in [4.78, 5) is 49.1. The van der Waals surface area contributed by atoms with Crippen molar-refractivity contribution >= 4 is 23.8 Å². The van der Waals surface area contributed by atoms with E-state index in [2.05, 4.69) is 26.6 Å². The summed E-state index contributed by atoms with van der Waals surface area (Å²) in [5, 5.41) is 14.0. The molecule has 0 aromatic carbocycles. The summed E-state index contributed by atoms with van der Waals surface area (Å²) < 4.78 is 17.5. The Balaban J connectivity index is 5.32. The van der Waals surface area contributed by atoms with Crippen LogP contribution in [0.3, 0.4) is 0 Å². The first-order valence-electron chi connectivity index (χ1n) is 15.2. The average molecular weight is 620 g/mol. The van der Waals surface area contributed by atoms with Gasteiger partial charge in [-0.15, -0.1) is 0 Å². The van der Waals surface area contributed by atoms with Gasteiger partial charge in [-0.25, -0.2) is 4.79 Å². The smallest absolute Gasteiger partial charge is 0.315 e. The summed E-state index contributed by atoms with van der Waals surface area (Å²) in [7, 11) is 0. The first-order valence-corrected chi connectivity index (χ1v) is 15.2. The molecule has 0 atom stereocenters. The van der Waals surface area contributed by atoms with E-state index in [1.807, 2.05) is 0 Å². The number of hydrogen-bond donors (Lipinski definition) is 9. The van der Waals surface area contributed by atoms with Gasteiger partial charge in [-0.2, -0.15) is 0 Å². The Morgan fingerprint density at radius 2 is 0.837 bits per heavy atom. The van der Waals surface area contributed by atoms with Gasteiger partial charge in [-0.1, -0.05) is 0 Å². The van der Waals surface area contributed by atoms with E-state index < -0.39 is 11.6 Å². The molecule has 0 aromatic rings. The molecule has 16 nitrogen and oxygen atoms in total. The molecule has 0 unspecified atom stereocenters. The molecular weight excluding hydrogens is 562 g/mol. The summed E-state index contributed by atoms with van der Waals surface area (Å²) >= 11 is 0. The van der Waals surface area contributed by atoms with Crippen molar-refractivity contribution in [1.82, 2.24) is 26.6 Å². The van der Waals surface area contributed by atoms with Crippen LogP contribution in [0, 0.1) is 0 Å². The Hall–Kier alpha value is -2.60. The molecule has 0 heterocycles. The van der Waals surface area contributed by atoms with E-state index in [-0.39, 0.29) is 76.6 Å². The predicted molar refractivity (Wildman–Crippen MR) is 164 cm³/mol. The molecule has 43 heavy (non-hydrogen) atoms. The summed E-state index contributed by atoms with van der Waals surface area (Å²) in [5.74, 6) is -0.546. The van der Waals surface area contributed by atoms with Gasteiger partial charge in [-0.3, -0.25) is 14.4 Å². The maximum Gasteiger partial charge on any atom is 0.315 e. The van der Waals surface area contributed by atoms with Gasteiger partial charge in [0.1, 0.15) is 5.54 Å². The number of ether oxygens (including phenoxy) is 3. The van der Waals surface area contributed by atoms with Crippen LogP contribution in [0.2, 0.25) is 0 Å². The zero-order valence-corrected chi connectivity index (χ0v) is 25.7. The molecule has 0 fully saturated rings. The van der Waals surface area contributed by atoms with E-state index in [1.54, 1.807) is 0 Å². The Kier molecular flexibility index (Phi) is 26.5. The van der Waals surface area contributed by atoms with E-state index >= 15 is 0 Å². The van der Waals surface area contributed by atoms with Crippen molar-refractivity contribution in [1.29, 1.82) is 0 Å². The highest BCUT2D eigenvalue weighted by atomic mass is 16.5. The molecule has 0 aliphatic rings. The molecule has 0 rings (SSSR count). The van der Waals surface area contributed by atoms with Gasteiger partial charge in [0.2, 0.25) is 17.7 Å². The Morgan fingerprint density at radius 3 is 1.19 bits per heavy atom. The van der Waals surface area contributed by atoms with Crippen LogP contribution in [0.5, 0.6) is 0 Å². The number of nitrogens with one attached hydrogen (secondary N) is 5. The molecule has 16 heteroatoms. The Morgan fingerprint density at radius 1 is 0.488 bits per heavy atom. The van der Waals surface area contributed by atoms with E-state index in [4.69, 9.17) is 37.1 Å². The SMILES string of the molecule is NCCCCNC(=O)NC(COCCC(=O)NCCCN)(COCCC(=O)NCCCN)COCCC(=O)NCCCN. The third-order valence-corrected chi connectivity index (χ3v) is 5.96. The molecule has 0 aliphatic carbocycles. The lowest BCUT2D eigenvalue weighted by Gasteiger charge is -2.34. The van der Waals surface area contributed by atoms with E-state index in [1.165, 1.54) is 0 Å². The van der Waals surface area contributed by atoms with Crippen LogP contribution in [0.1, 0.15) is 51.4 Å². The largest absolute Gasteiger partial charge is 0.378 e. The van der Waals surface area contributed by atoms with Crippen LogP contribution in [0.15, 0.2) is 0 Å². The third-order valence-electron chi connectivity index (χ3n) is 5.96. The van der Waals surface area contributed by atoms with Gasteiger partial charge >= 0.3 is 6.03 Å². The number of hydrogen-bond acceptors (Lipinski definition) is 11. The summed E-state index contributed by atoms with van der Waals surface area (Å²) in [6, 6.07) is -0.466. The minimum atomic E-state index is -1.18. The van der Waals surface area contributed by atoms with Gasteiger partial charge in [0.15, 0.2) is 0 Å². The number of rotatable bonds is 29. The van der Waals surface area contributed by atoms with Gasteiger partial charge in [0.25, 0.3) is 0 Å². The summed E-state index contributed by atoms with van der Waals surface area (Å²) in [6.45, 7) is 3.90. The normalized spacial score (nSPS) is 11.2. The van der Waals surface area contributed by atoms with Crippen molar-refractivity contribution in [3.8, 4) is 0 Å². The molecule has 13 N–H and O–H groups in total. The maximum atomic E-state index is 12.8. The lowest BCUT2D eigenvalue weighted by molar-refractivity contribution is -0.122. The molecule has 0 aromatic heterocycles. The van der Waals surface area contributed by atoms with Gasteiger partial charge in [0.05, 0.1) is 39.6 Å². The number of nitrogens with two attached hydrogens (primary N) is 4. The molecular formula is C27H57N9O7. The lowest BCUT2D eigenvalue weighted by atomic mass is 10.0. The van der Waals surface area contributed by atoms with Crippen LogP contribution in [-0.2, 0) is 28.6 Å². The highest BCUT2D eigenvalue weighted by Crippen LogP contribution is 2.11. The van der Waals surface area contributed by atoms with Crippen molar-refractivity contribution < 1.29 is 33.4 Å². The van der Waals surface area contributed by atoms with Gasteiger partial charge in [-0.05, 0) is 58.3 Å². The fourth-order valence-electron chi connectivity index (χ4n) is 3.54. The van der Waals surface area contributed by atoms with Crippen LogP contribution >= 0.6 is 0 Å². The zero-order valence-electron chi connectivity index (χ0n) is 25.7. The predicted octanol–water partition coefficient (Wildman–Crippen LogP) is -2.62. The molecule has 0 saturated carbocycles. The van der Waals surface area contributed by atoms with Crippen LogP contribution in [-0.4, -0.2) is 121 Å². The number of unbranched alkanes of at least 4 members (excludes halogenated alkanes) is 1. The number of carbonyl (C=O) groups excluding carboxylic acids is 4. The Bertz CT molecular complexity index is 674. The van der Waals surface area contributed by atoms with Crippen LogP contribution in [0.4, 0.5) is 4.79 Å². The molecule has 0 radical (unpaired) electrons. The molecule has 5 amide bonds. The van der Waals surface area contributed by atoms with E-state index in [0.717, 1.165) is 6.42 Å². The van der Waals surface area contributed by atoms with E-state index in [0.29, 0.717) is 78.0 Å². The second-order valence-corrected chi connectivity index (χ2v) is 10.0. The van der Waals surface area contributed by atoms with Gasteiger partial charge < -0.3 is 63.7 Å². The Labute approximate surface area is 255 Å². The topological polar surface area (TPSA) is 260 Å². The lowest BCUT2D eigenvalue weighted by Crippen LogP contribution is -2.61. The monoisotopic (exact) mass is 619 g/mol. The van der Waals surface area contributed by atoms with Crippen molar-refractivity contribution in [3.05, 3.63) is 0 Å². The minimum absolute atomic E-state index is 0.0509. The van der Waals surface area contributed by atoms with Crippen molar-refractivity contribution in [3.63, 3.8) is 0 Å². The molecule has 0 aliphatic heterocycles. The fourth-order valence-corrected chi connectivity index (χ4v) is 3.54. The summed E-state index contributed by atoms with van der Waals surface area (Å²) in [5.41, 5.74) is 20.7. The first kappa shape index (κ1) is 40.4. The standard InChI is InChI=1S/C27H57N9O7/c28-9-1-2-13-35-26(40)36-27(20-41-17-6-23(37)32-14-3-10-29,21-42-18-7-24(38)33-15-4-11-30)22-43-19-8-25(39)34-16-5-12-31/h1-22,28-31H2,(H,32,37)(H,33,38)(H,34,39)(H2,35,36,40). The molecule has 252 valence electrons. The second-order valence-electron chi connectivity index (χ2n) is 10.0. The average Bonchev–Trinajstić information content (AvgIpc) is 2.98. The molecule has 0 spiro atoms. The second kappa shape index (κ2) is 28.2. The van der Waals surface area contributed by atoms with E-state index in [9.17, 15) is 19.2 Å². The summed E-state index contributed by atoms with van der Waals surface area (Å²) in [6.07, 6.45) is 3.81. The zero-order chi connectivity index (χ0) is 32.0. The quantitative estimate of drug-likeness (QED) is 0.0391.